The van der Waals surface area contributed by atoms with Gasteiger partial charge in [-0.15, -0.1) is 5.75 Å². The van der Waals surface area contributed by atoms with E-state index < -0.39 is 28.5 Å². The van der Waals surface area contributed by atoms with Crippen molar-refractivity contribution in [3.8, 4) is 11.5 Å². The van der Waals surface area contributed by atoms with Crippen LogP contribution in [0.1, 0.15) is 29.8 Å². The van der Waals surface area contributed by atoms with Crippen LogP contribution in [0.5, 0.6) is 11.5 Å². The quantitative estimate of drug-likeness (QED) is 0.512. The first-order valence-corrected chi connectivity index (χ1v) is 8.90. The zero-order valence-electron chi connectivity index (χ0n) is 16.3. The van der Waals surface area contributed by atoms with Crippen LogP contribution >= 0.6 is 0 Å². The van der Waals surface area contributed by atoms with Gasteiger partial charge in [0, 0.05) is 24.2 Å². The van der Waals surface area contributed by atoms with Crippen LogP contribution in [0.4, 0.5) is 5.69 Å². The molecule has 9 nitrogen and oxygen atoms in total. The van der Waals surface area contributed by atoms with Crippen LogP contribution in [0.3, 0.4) is 0 Å². The number of methoxy groups -OCH3 is 1. The lowest BCUT2D eigenvalue weighted by molar-refractivity contribution is -0.385. The van der Waals surface area contributed by atoms with Gasteiger partial charge in [0.05, 0.1) is 12.0 Å². The van der Waals surface area contributed by atoms with Crippen molar-refractivity contribution >= 4 is 17.5 Å². The van der Waals surface area contributed by atoms with Gasteiger partial charge in [0.25, 0.3) is 11.6 Å². The molecule has 0 radical (unpaired) electrons. The number of non-ortho nitro benzene ring substituents is 1. The van der Waals surface area contributed by atoms with Crippen LogP contribution in [-0.4, -0.2) is 29.9 Å². The summed E-state index contributed by atoms with van der Waals surface area (Å²) in [6.07, 6.45) is 0. The van der Waals surface area contributed by atoms with Crippen LogP contribution in [-0.2, 0) is 11.3 Å². The molecule has 0 bridgehead atoms. The van der Waals surface area contributed by atoms with E-state index in [1.807, 2.05) is 0 Å². The molecule has 0 aliphatic rings. The minimum atomic E-state index is -0.849. The lowest BCUT2D eigenvalue weighted by atomic mass is 10.0. The molecule has 0 saturated heterocycles. The fraction of sp³-hybridized carbons (Fsp3) is 0.300. The van der Waals surface area contributed by atoms with Crippen LogP contribution in [0.2, 0.25) is 0 Å². The fourth-order valence-corrected chi connectivity index (χ4v) is 2.61. The topological polar surface area (TPSA) is 134 Å². The van der Waals surface area contributed by atoms with E-state index in [1.165, 1.54) is 7.11 Å². The van der Waals surface area contributed by atoms with E-state index in [1.54, 1.807) is 38.1 Å². The van der Waals surface area contributed by atoms with Crippen molar-refractivity contribution in [2.24, 2.45) is 5.92 Å². The van der Waals surface area contributed by atoms with Gasteiger partial charge in [-0.2, -0.15) is 0 Å². The van der Waals surface area contributed by atoms with E-state index in [0.717, 1.165) is 18.2 Å². The molecule has 0 unspecified atom stereocenters. The smallest absolute Gasteiger partial charge is 0.269 e. The monoisotopic (exact) mass is 400 g/mol. The first-order chi connectivity index (χ1) is 13.7. The van der Waals surface area contributed by atoms with Gasteiger partial charge in [0.2, 0.25) is 5.91 Å². The van der Waals surface area contributed by atoms with E-state index in [-0.39, 0.29) is 23.7 Å². The summed E-state index contributed by atoms with van der Waals surface area (Å²) in [6.45, 7) is 3.36. The van der Waals surface area contributed by atoms with Crippen molar-refractivity contribution in [2.75, 3.05) is 7.11 Å². The van der Waals surface area contributed by atoms with E-state index in [4.69, 9.17) is 4.74 Å². The second kappa shape index (κ2) is 9.54. The van der Waals surface area contributed by atoms with Gasteiger partial charge in [0.1, 0.15) is 11.8 Å². The van der Waals surface area contributed by atoms with E-state index in [2.05, 4.69) is 10.6 Å². The molecule has 0 aromatic heterocycles. The molecule has 29 heavy (non-hydrogen) atoms. The van der Waals surface area contributed by atoms with Crippen LogP contribution < -0.4 is 20.5 Å². The summed E-state index contributed by atoms with van der Waals surface area (Å²) in [7, 11) is 1.52. The maximum atomic E-state index is 12.6. The van der Waals surface area contributed by atoms with Crippen molar-refractivity contribution in [3.05, 3.63) is 63.7 Å². The summed E-state index contributed by atoms with van der Waals surface area (Å²) in [4.78, 5) is 35.3. The Morgan fingerprint density at radius 2 is 1.79 bits per heavy atom. The lowest BCUT2D eigenvalue weighted by Crippen LogP contribution is -2.49. The Bertz CT molecular complexity index is 896. The number of carbonyl (C=O) groups is 2. The van der Waals surface area contributed by atoms with Crippen molar-refractivity contribution in [1.29, 1.82) is 0 Å². The zero-order chi connectivity index (χ0) is 21.6. The van der Waals surface area contributed by atoms with Gasteiger partial charge < -0.3 is 20.5 Å². The summed E-state index contributed by atoms with van der Waals surface area (Å²) in [5.41, 5.74) is 0.225. The van der Waals surface area contributed by atoms with Crippen molar-refractivity contribution < 1.29 is 24.4 Å². The molecule has 2 rings (SSSR count). The average Bonchev–Trinajstić information content (AvgIpc) is 2.70. The molecular formula is C20H22N3O6-. The third-order valence-electron chi connectivity index (χ3n) is 4.30. The van der Waals surface area contributed by atoms with Crippen molar-refractivity contribution in [3.63, 3.8) is 0 Å². The number of nitro benzene ring substituents is 1. The number of nitrogens with one attached hydrogen (secondary N) is 2. The highest BCUT2D eigenvalue weighted by atomic mass is 16.6. The minimum absolute atomic E-state index is 0.0940. The summed E-state index contributed by atoms with van der Waals surface area (Å²) in [5, 5.41) is 28.0. The van der Waals surface area contributed by atoms with Gasteiger partial charge in [0.15, 0.2) is 0 Å². The average molecular weight is 400 g/mol. The van der Waals surface area contributed by atoms with Gasteiger partial charge >= 0.3 is 0 Å². The zero-order valence-corrected chi connectivity index (χ0v) is 16.3. The normalized spacial score (nSPS) is 11.6. The number of hydrogen-bond donors (Lipinski definition) is 2. The molecule has 0 saturated carbocycles. The Hall–Kier alpha value is -3.62. The van der Waals surface area contributed by atoms with Gasteiger partial charge in [-0.1, -0.05) is 19.9 Å². The number of carbonyl (C=O) groups excluding carboxylic acids is 2. The Labute approximate surface area is 167 Å². The molecule has 0 aliphatic carbocycles. The SMILES string of the molecule is COc1ccc(C(=O)N[C@H](C(=O)NCc2cc([N+](=O)[O-])ccc2[O-])C(C)C)cc1. The van der Waals surface area contributed by atoms with Crippen molar-refractivity contribution in [1.82, 2.24) is 10.6 Å². The molecule has 154 valence electrons. The Morgan fingerprint density at radius 3 is 2.34 bits per heavy atom. The highest BCUT2D eigenvalue weighted by Gasteiger charge is 2.24. The van der Waals surface area contributed by atoms with Crippen LogP contribution in [0.25, 0.3) is 0 Å². The highest BCUT2D eigenvalue weighted by Crippen LogP contribution is 2.20. The molecule has 9 heteroatoms. The molecule has 1 atom stereocenters. The number of nitro groups is 1. The molecule has 0 spiro atoms. The van der Waals surface area contributed by atoms with E-state index in [9.17, 15) is 24.8 Å². The molecular weight excluding hydrogens is 378 g/mol. The third-order valence-corrected chi connectivity index (χ3v) is 4.30. The molecule has 0 aliphatic heterocycles. The number of amides is 2. The van der Waals surface area contributed by atoms with Gasteiger partial charge in [-0.25, -0.2) is 0 Å². The molecule has 2 N–H and O–H groups in total. The standard InChI is InChI=1S/C20H23N3O6/c1-12(2)18(22-19(25)13-4-7-16(29-3)8-5-13)20(26)21-11-14-10-15(23(27)28)6-9-17(14)24/h4-10,12,18,24H,11H2,1-3H3,(H,21,26)(H,22,25)/p-1/t18-/m0/s1. The van der Waals surface area contributed by atoms with Crippen LogP contribution in [0, 0.1) is 16.0 Å². The Morgan fingerprint density at radius 1 is 1.14 bits per heavy atom. The first kappa shape index (κ1) is 21.7. The lowest BCUT2D eigenvalue weighted by Gasteiger charge is -2.22. The van der Waals surface area contributed by atoms with Gasteiger partial charge in [-0.05, 0) is 35.7 Å². The highest BCUT2D eigenvalue weighted by molar-refractivity contribution is 5.97. The van der Waals surface area contributed by atoms with Gasteiger partial charge in [-0.3, -0.25) is 19.7 Å². The van der Waals surface area contributed by atoms with Crippen molar-refractivity contribution in [2.45, 2.75) is 26.4 Å². The fourth-order valence-electron chi connectivity index (χ4n) is 2.61. The summed E-state index contributed by atoms with van der Waals surface area (Å²) < 4.78 is 5.05. The van der Waals surface area contributed by atoms with E-state index in [0.29, 0.717) is 11.3 Å². The predicted molar refractivity (Wildman–Crippen MR) is 103 cm³/mol. The number of rotatable bonds is 8. The number of hydrogen-bond acceptors (Lipinski definition) is 6. The molecule has 0 heterocycles. The maximum Gasteiger partial charge on any atom is 0.269 e. The number of benzene rings is 2. The molecule has 2 aromatic carbocycles. The first-order valence-electron chi connectivity index (χ1n) is 8.90. The second-order valence-corrected chi connectivity index (χ2v) is 6.69. The molecule has 2 aromatic rings. The predicted octanol–water partition coefficient (Wildman–Crippen LogP) is 1.75. The Kier molecular flexibility index (Phi) is 7.13. The summed E-state index contributed by atoms with van der Waals surface area (Å²) >= 11 is 0. The largest absolute Gasteiger partial charge is 0.872 e. The second-order valence-electron chi connectivity index (χ2n) is 6.69. The molecule has 2 amide bonds. The van der Waals surface area contributed by atoms with Crippen LogP contribution in [0.15, 0.2) is 42.5 Å². The number of ether oxygens (including phenoxy) is 1. The Balaban J connectivity index is 2.06. The summed E-state index contributed by atoms with van der Waals surface area (Å²) in [5.74, 6) is -0.965. The maximum absolute atomic E-state index is 12.6. The number of nitrogens with zero attached hydrogens (tertiary/aromatic N) is 1. The molecule has 0 fully saturated rings. The minimum Gasteiger partial charge on any atom is -0.872 e. The summed E-state index contributed by atoms with van der Waals surface area (Å²) in [6, 6.07) is 8.91. The third kappa shape index (κ3) is 5.68. The van der Waals surface area contributed by atoms with E-state index >= 15 is 0 Å².